The minimum atomic E-state index is 0. The Labute approximate surface area is 133 Å². The molecule has 0 aromatic heterocycles. The van der Waals surface area contributed by atoms with E-state index in [1.165, 1.54) is 32.1 Å². The van der Waals surface area contributed by atoms with Crippen molar-refractivity contribution >= 4 is 30.1 Å². The minimum Gasteiger partial charge on any atom is -0.340 e. The number of thioether (sulfide) groups is 1. The topological polar surface area (TPSA) is 32.3 Å². The van der Waals surface area contributed by atoms with Crippen molar-refractivity contribution in [3.8, 4) is 0 Å². The van der Waals surface area contributed by atoms with E-state index in [1.54, 1.807) is 0 Å². The van der Waals surface area contributed by atoms with Gasteiger partial charge in [0.2, 0.25) is 5.91 Å². The first-order valence-corrected chi connectivity index (χ1v) is 8.91. The zero-order valence-electron chi connectivity index (χ0n) is 12.2. The van der Waals surface area contributed by atoms with Crippen molar-refractivity contribution < 1.29 is 4.79 Å². The van der Waals surface area contributed by atoms with Crippen molar-refractivity contribution in [2.75, 3.05) is 31.9 Å². The summed E-state index contributed by atoms with van der Waals surface area (Å²) < 4.78 is 0.416. The first-order chi connectivity index (χ1) is 9.29. The molecule has 0 radical (unpaired) electrons. The maximum Gasteiger partial charge on any atom is 0.225 e. The fourth-order valence-electron chi connectivity index (χ4n) is 3.86. The quantitative estimate of drug-likeness (QED) is 0.807. The highest BCUT2D eigenvalue weighted by atomic mass is 35.5. The number of piperidine rings is 1. The van der Waals surface area contributed by atoms with E-state index in [0.29, 0.717) is 16.6 Å². The van der Waals surface area contributed by atoms with Gasteiger partial charge < -0.3 is 10.2 Å². The monoisotopic (exact) mass is 318 g/mol. The molecule has 1 aliphatic carbocycles. The standard InChI is InChI=1S/C15H26N2OS.ClH/c18-14(13-4-8-16-9-5-13)17-10-11-19-15(12-17)6-2-1-3-7-15;/h13,16H,1-12H2;1H. The first-order valence-electron chi connectivity index (χ1n) is 7.93. The molecule has 3 rings (SSSR count). The molecule has 5 heteroatoms. The second kappa shape index (κ2) is 7.37. The lowest BCUT2D eigenvalue weighted by atomic mass is 9.87. The van der Waals surface area contributed by atoms with Crippen LogP contribution in [0.4, 0.5) is 0 Å². The Morgan fingerprint density at radius 2 is 1.85 bits per heavy atom. The highest BCUT2D eigenvalue weighted by Crippen LogP contribution is 2.43. The van der Waals surface area contributed by atoms with Crippen LogP contribution in [0.5, 0.6) is 0 Å². The molecule has 116 valence electrons. The van der Waals surface area contributed by atoms with Crippen molar-refractivity contribution in [2.24, 2.45) is 5.92 Å². The molecule has 0 bridgehead atoms. The summed E-state index contributed by atoms with van der Waals surface area (Å²) in [6.45, 7) is 4.05. The molecule has 1 amide bonds. The fraction of sp³-hybridized carbons (Fsp3) is 0.933. The highest BCUT2D eigenvalue weighted by molar-refractivity contribution is 8.00. The smallest absolute Gasteiger partial charge is 0.225 e. The van der Waals surface area contributed by atoms with Crippen LogP contribution in [0.2, 0.25) is 0 Å². The summed E-state index contributed by atoms with van der Waals surface area (Å²) in [5.41, 5.74) is 0. The lowest BCUT2D eigenvalue weighted by Gasteiger charge is -2.45. The van der Waals surface area contributed by atoms with Gasteiger partial charge in [0.05, 0.1) is 0 Å². The third-order valence-corrected chi connectivity index (χ3v) is 6.55. The van der Waals surface area contributed by atoms with Crippen LogP contribution in [0, 0.1) is 5.92 Å². The number of amides is 1. The largest absolute Gasteiger partial charge is 0.340 e. The van der Waals surface area contributed by atoms with Crippen molar-refractivity contribution in [3.05, 3.63) is 0 Å². The molecule has 0 atom stereocenters. The molecule has 0 aromatic carbocycles. The average Bonchev–Trinajstić information content (AvgIpc) is 2.48. The van der Waals surface area contributed by atoms with E-state index in [4.69, 9.17) is 0 Å². The number of hydrogen-bond donors (Lipinski definition) is 1. The Balaban J connectivity index is 0.00000147. The van der Waals surface area contributed by atoms with Crippen LogP contribution in [-0.4, -0.2) is 47.5 Å². The first kappa shape index (κ1) is 16.4. The van der Waals surface area contributed by atoms with Crippen molar-refractivity contribution in [2.45, 2.75) is 49.7 Å². The second-order valence-corrected chi connectivity index (χ2v) is 7.94. The summed E-state index contributed by atoms with van der Waals surface area (Å²) in [5, 5.41) is 3.35. The SMILES string of the molecule is Cl.O=C(C1CCNCC1)N1CCSC2(CCCCC2)C1. The number of hydrogen-bond acceptors (Lipinski definition) is 3. The van der Waals surface area contributed by atoms with Crippen LogP contribution < -0.4 is 5.32 Å². The number of nitrogens with one attached hydrogen (secondary N) is 1. The highest BCUT2D eigenvalue weighted by Gasteiger charge is 2.39. The fourth-order valence-corrected chi connectivity index (χ4v) is 5.43. The van der Waals surface area contributed by atoms with Gasteiger partial charge in [-0.2, -0.15) is 11.8 Å². The second-order valence-electron chi connectivity index (χ2n) is 6.38. The minimum absolute atomic E-state index is 0. The van der Waals surface area contributed by atoms with E-state index in [9.17, 15) is 4.79 Å². The van der Waals surface area contributed by atoms with Crippen LogP contribution in [0.15, 0.2) is 0 Å². The molecule has 3 nitrogen and oxygen atoms in total. The molecule has 2 saturated heterocycles. The zero-order chi connectivity index (χ0) is 13.1. The molecule has 1 N–H and O–H groups in total. The Kier molecular flexibility index (Phi) is 6.06. The van der Waals surface area contributed by atoms with Crippen LogP contribution in [0.3, 0.4) is 0 Å². The molecule has 2 aliphatic heterocycles. The van der Waals surface area contributed by atoms with Gasteiger partial charge >= 0.3 is 0 Å². The predicted molar refractivity (Wildman–Crippen MR) is 87.7 cm³/mol. The zero-order valence-corrected chi connectivity index (χ0v) is 13.9. The number of carbonyl (C=O) groups excluding carboxylic acids is 1. The molecule has 3 aliphatic rings. The van der Waals surface area contributed by atoms with Gasteiger partial charge in [0.15, 0.2) is 0 Å². The molecule has 1 spiro atoms. The average molecular weight is 319 g/mol. The lowest BCUT2D eigenvalue weighted by molar-refractivity contribution is -0.136. The van der Waals surface area contributed by atoms with Gasteiger partial charge in [-0.1, -0.05) is 19.3 Å². The third kappa shape index (κ3) is 3.63. The summed E-state index contributed by atoms with van der Waals surface area (Å²) >= 11 is 2.15. The van der Waals surface area contributed by atoms with Crippen molar-refractivity contribution in [1.29, 1.82) is 0 Å². The molecular formula is C15H27ClN2OS. The molecule has 3 fully saturated rings. The lowest BCUT2D eigenvalue weighted by Crippen LogP contribution is -2.52. The van der Waals surface area contributed by atoms with Gasteiger partial charge in [-0.05, 0) is 38.8 Å². The maximum absolute atomic E-state index is 12.7. The van der Waals surface area contributed by atoms with Crippen molar-refractivity contribution in [3.63, 3.8) is 0 Å². The van der Waals surface area contributed by atoms with Crippen LogP contribution in [0.25, 0.3) is 0 Å². The molecule has 20 heavy (non-hydrogen) atoms. The summed E-state index contributed by atoms with van der Waals surface area (Å²) in [6, 6.07) is 0. The summed E-state index contributed by atoms with van der Waals surface area (Å²) in [4.78, 5) is 14.9. The normalized spacial score (nSPS) is 27.1. The van der Waals surface area contributed by atoms with Gasteiger partial charge in [-0.3, -0.25) is 4.79 Å². The molecule has 0 aromatic rings. The summed E-state index contributed by atoms with van der Waals surface area (Å²) in [6.07, 6.45) is 8.85. The van der Waals surface area contributed by atoms with Gasteiger partial charge in [-0.15, -0.1) is 12.4 Å². The molecule has 1 saturated carbocycles. The maximum atomic E-state index is 12.7. The molecular weight excluding hydrogens is 292 g/mol. The van der Waals surface area contributed by atoms with E-state index in [2.05, 4.69) is 22.0 Å². The third-order valence-electron chi connectivity index (χ3n) is 5.01. The van der Waals surface area contributed by atoms with Crippen LogP contribution in [0.1, 0.15) is 44.9 Å². The van der Waals surface area contributed by atoms with E-state index >= 15 is 0 Å². The predicted octanol–water partition coefficient (Wildman–Crippen LogP) is 2.69. The van der Waals surface area contributed by atoms with E-state index in [-0.39, 0.29) is 12.4 Å². The Morgan fingerprint density at radius 3 is 2.55 bits per heavy atom. The van der Waals surface area contributed by atoms with E-state index in [0.717, 1.165) is 44.8 Å². The van der Waals surface area contributed by atoms with Gasteiger partial charge in [0, 0.05) is 29.5 Å². The van der Waals surface area contributed by atoms with Gasteiger partial charge in [0.1, 0.15) is 0 Å². The number of carbonyl (C=O) groups is 1. The van der Waals surface area contributed by atoms with E-state index < -0.39 is 0 Å². The number of rotatable bonds is 1. The van der Waals surface area contributed by atoms with Crippen LogP contribution >= 0.6 is 24.2 Å². The van der Waals surface area contributed by atoms with Gasteiger partial charge in [0.25, 0.3) is 0 Å². The number of halogens is 1. The molecule has 0 unspecified atom stereocenters. The van der Waals surface area contributed by atoms with E-state index in [1.807, 2.05) is 0 Å². The summed E-state index contributed by atoms with van der Waals surface area (Å²) in [5.74, 6) is 1.90. The molecule has 2 heterocycles. The van der Waals surface area contributed by atoms with Gasteiger partial charge in [-0.25, -0.2) is 0 Å². The Hall–Kier alpha value is 0.0700. The Bertz CT molecular complexity index is 322. The Morgan fingerprint density at radius 1 is 1.15 bits per heavy atom. The van der Waals surface area contributed by atoms with Crippen molar-refractivity contribution in [1.82, 2.24) is 10.2 Å². The number of nitrogens with zero attached hydrogens (tertiary/aromatic N) is 1. The van der Waals surface area contributed by atoms with Crippen LogP contribution in [-0.2, 0) is 4.79 Å². The summed E-state index contributed by atoms with van der Waals surface area (Å²) in [7, 11) is 0.